The molecule has 6 heteroatoms. The van der Waals surface area contributed by atoms with E-state index in [4.69, 9.17) is 0 Å². The van der Waals surface area contributed by atoms with Crippen LogP contribution < -0.4 is 10.6 Å². The van der Waals surface area contributed by atoms with Gasteiger partial charge < -0.3 is 15.2 Å². The van der Waals surface area contributed by atoms with Gasteiger partial charge in [0, 0.05) is 24.9 Å². The molecule has 0 fully saturated rings. The minimum atomic E-state index is 0.542. The molecule has 1 heterocycles. The highest BCUT2D eigenvalue weighted by Gasteiger charge is 2.06. The van der Waals surface area contributed by atoms with Gasteiger partial charge in [0.2, 0.25) is 0 Å². The first-order valence-corrected chi connectivity index (χ1v) is 9.91. The molecule has 0 spiro atoms. The number of aliphatic imine (C=N–C) groups is 1. The van der Waals surface area contributed by atoms with E-state index in [1.807, 2.05) is 17.8 Å². The van der Waals surface area contributed by atoms with E-state index >= 15 is 0 Å². The van der Waals surface area contributed by atoms with Crippen molar-refractivity contribution in [3.63, 3.8) is 0 Å². The van der Waals surface area contributed by atoms with E-state index in [1.54, 1.807) is 0 Å². The average Bonchev–Trinajstić information content (AvgIpc) is 2.91. The molecule has 0 amide bonds. The molecule has 1 aromatic heterocycles. The summed E-state index contributed by atoms with van der Waals surface area (Å²) >= 11 is 1.84. The fourth-order valence-electron chi connectivity index (χ4n) is 2.56. The van der Waals surface area contributed by atoms with Gasteiger partial charge in [0.05, 0.1) is 17.6 Å². The number of fused-ring (bicyclic) bond motifs is 1. The second-order valence-corrected chi connectivity index (χ2v) is 7.12. The van der Waals surface area contributed by atoms with Gasteiger partial charge in [-0.3, -0.25) is 4.99 Å². The van der Waals surface area contributed by atoms with Crippen LogP contribution in [0.2, 0.25) is 0 Å². The normalized spacial score (nSPS) is 13.2. The highest BCUT2D eigenvalue weighted by atomic mass is 32.2. The highest BCUT2D eigenvalue weighted by Crippen LogP contribution is 2.15. The SMILES string of the molecule is CCNC(=NCC(C)SC)NCCCn1c(C)nc2ccccc21. The molecule has 0 saturated heterocycles. The van der Waals surface area contributed by atoms with E-state index in [0.717, 1.165) is 49.9 Å². The van der Waals surface area contributed by atoms with Gasteiger partial charge in [-0.2, -0.15) is 11.8 Å². The van der Waals surface area contributed by atoms with Crippen molar-refractivity contribution in [1.82, 2.24) is 20.2 Å². The Hall–Kier alpha value is -1.69. The summed E-state index contributed by atoms with van der Waals surface area (Å²) in [5.41, 5.74) is 2.29. The number of hydrogen-bond donors (Lipinski definition) is 2. The molecule has 5 nitrogen and oxygen atoms in total. The zero-order chi connectivity index (χ0) is 17.4. The first-order valence-electron chi connectivity index (χ1n) is 8.62. The van der Waals surface area contributed by atoms with Gasteiger partial charge in [0.1, 0.15) is 5.82 Å². The molecule has 132 valence electrons. The Balaban J connectivity index is 1.87. The lowest BCUT2D eigenvalue weighted by atomic mass is 10.3. The molecule has 1 atom stereocenters. The van der Waals surface area contributed by atoms with Gasteiger partial charge in [-0.15, -0.1) is 0 Å². The number of rotatable bonds is 8. The number of nitrogens with zero attached hydrogens (tertiary/aromatic N) is 3. The average molecular weight is 348 g/mol. The van der Waals surface area contributed by atoms with Crippen LogP contribution in [0.25, 0.3) is 11.0 Å². The molecule has 24 heavy (non-hydrogen) atoms. The van der Waals surface area contributed by atoms with Gasteiger partial charge in [-0.1, -0.05) is 19.1 Å². The van der Waals surface area contributed by atoms with Crippen LogP contribution in [-0.2, 0) is 6.54 Å². The van der Waals surface area contributed by atoms with Crippen LogP contribution in [0.5, 0.6) is 0 Å². The maximum Gasteiger partial charge on any atom is 0.191 e. The Labute approximate surface area is 149 Å². The summed E-state index contributed by atoms with van der Waals surface area (Å²) in [4.78, 5) is 9.26. The minimum absolute atomic E-state index is 0.542. The van der Waals surface area contributed by atoms with E-state index in [-0.39, 0.29) is 0 Å². The predicted molar refractivity (Wildman–Crippen MR) is 106 cm³/mol. The standard InChI is InChI=1S/C18H29N5S/c1-5-19-18(21-13-14(2)24-4)20-11-8-12-23-15(3)22-16-9-6-7-10-17(16)23/h6-7,9-10,14H,5,8,11-13H2,1-4H3,(H2,19,20,21). The van der Waals surface area contributed by atoms with Crippen molar-refractivity contribution >= 4 is 28.8 Å². The third-order valence-electron chi connectivity index (χ3n) is 3.95. The molecule has 1 aromatic carbocycles. The summed E-state index contributed by atoms with van der Waals surface area (Å²) in [5.74, 6) is 1.98. The number of nitrogens with one attached hydrogen (secondary N) is 2. The molecule has 0 radical (unpaired) electrons. The van der Waals surface area contributed by atoms with E-state index < -0.39 is 0 Å². The fraction of sp³-hybridized carbons (Fsp3) is 0.556. The van der Waals surface area contributed by atoms with Gasteiger partial charge >= 0.3 is 0 Å². The quantitative estimate of drug-likeness (QED) is 0.438. The summed E-state index contributed by atoms with van der Waals surface area (Å²) in [6, 6.07) is 8.31. The third-order valence-corrected chi connectivity index (χ3v) is 4.90. The zero-order valence-corrected chi connectivity index (χ0v) is 16.0. The molecular weight excluding hydrogens is 318 g/mol. The minimum Gasteiger partial charge on any atom is -0.357 e. The lowest BCUT2D eigenvalue weighted by Gasteiger charge is -2.13. The summed E-state index contributed by atoms with van der Waals surface area (Å²) < 4.78 is 2.29. The number of hydrogen-bond acceptors (Lipinski definition) is 3. The Morgan fingerprint density at radius 3 is 2.88 bits per heavy atom. The summed E-state index contributed by atoms with van der Waals surface area (Å²) in [6.45, 7) is 9.93. The Kier molecular flexibility index (Phi) is 7.43. The van der Waals surface area contributed by atoms with E-state index in [9.17, 15) is 0 Å². The monoisotopic (exact) mass is 347 g/mol. The predicted octanol–water partition coefficient (Wildman–Crippen LogP) is 3.04. The van der Waals surface area contributed by atoms with Crippen LogP contribution >= 0.6 is 11.8 Å². The summed E-state index contributed by atoms with van der Waals surface area (Å²) in [5, 5.41) is 7.28. The van der Waals surface area contributed by atoms with Crippen LogP contribution in [0, 0.1) is 6.92 Å². The molecule has 0 bridgehead atoms. The topological polar surface area (TPSA) is 54.2 Å². The first-order chi connectivity index (χ1) is 11.7. The van der Waals surface area contributed by atoms with Crippen LogP contribution in [0.15, 0.2) is 29.3 Å². The first kappa shape index (κ1) is 18.6. The smallest absolute Gasteiger partial charge is 0.191 e. The maximum absolute atomic E-state index is 4.64. The second kappa shape index (κ2) is 9.57. The lowest BCUT2D eigenvalue weighted by Crippen LogP contribution is -2.38. The van der Waals surface area contributed by atoms with Crippen molar-refractivity contribution in [3.05, 3.63) is 30.1 Å². The molecular formula is C18H29N5S. The van der Waals surface area contributed by atoms with Crippen LogP contribution in [0.3, 0.4) is 0 Å². The highest BCUT2D eigenvalue weighted by molar-refractivity contribution is 7.99. The van der Waals surface area contributed by atoms with Gasteiger partial charge in [-0.05, 0) is 38.7 Å². The number of benzene rings is 1. The second-order valence-electron chi connectivity index (χ2n) is 5.85. The number of aryl methyl sites for hydroxylation is 2. The van der Waals surface area contributed by atoms with Crippen molar-refractivity contribution in [2.45, 2.75) is 39.0 Å². The zero-order valence-electron chi connectivity index (χ0n) is 15.2. The van der Waals surface area contributed by atoms with Crippen molar-refractivity contribution < 1.29 is 0 Å². The summed E-state index contributed by atoms with van der Waals surface area (Å²) in [6.07, 6.45) is 3.15. The number of imidazole rings is 1. The molecule has 2 N–H and O–H groups in total. The van der Waals surface area contributed by atoms with Gasteiger partial charge in [-0.25, -0.2) is 4.98 Å². The third kappa shape index (κ3) is 5.16. The van der Waals surface area contributed by atoms with Crippen LogP contribution in [-0.4, -0.2) is 46.7 Å². The molecule has 2 aromatic rings. The fourth-order valence-corrected chi connectivity index (χ4v) is 2.78. The summed E-state index contributed by atoms with van der Waals surface area (Å²) in [7, 11) is 0. The van der Waals surface area contributed by atoms with Gasteiger partial charge in [0.15, 0.2) is 5.96 Å². The Morgan fingerprint density at radius 2 is 2.12 bits per heavy atom. The van der Waals surface area contributed by atoms with E-state index in [1.165, 1.54) is 5.52 Å². The molecule has 0 aliphatic rings. The van der Waals surface area contributed by atoms with Crippen LogP contribution in [0.4, 0.5) is 0 Å². The van der Waals surface area contributed by atoms with E-state index in [2.05, 4.69) is 70.4 Å². The number of aromatic nitrogens is 2. The van der Waals surface area contributed by atoms with E-state index in [0.29, 0.717) is 5.25 Å². The van der Waals surface area contributed by atoms with Crippen molar-refractivity contribution in [3.8, 4) is 0 Å². The van der Waals surface area contributed by atoms with Crippen molar-refractivity contribution in [1.29, 1.82) is 0 Å². The molecule has 1 unspecified atom stereocenters. The largest absolute Gasteiger partial charge is 0.357 e. The number of guanidine groups is 1. The number of thioether (sulfide) groups is 1. The van der Waals surface area contributed by atoms with Crippen LogP contribution in [0.1, 0.15) is 26.1 Å². The van der Waals surface area contributed by atoms with Gasteiger partial charge in [0.25, 0.3) is 0 Å². The Morgan fingerprint density at radius 1 is 1.33 bits per heavy atom. The molecule has 0 aliphatic heterocycles. The van der Waals surface area contributed by atoms with Crippen molar-refractivity contribution in [2.75, 3.05) is 25.9 Å². The van der Waals surface area contributed by atoms with Crippen molar-refractivity contribution in [2.24, 2.45) is 4.99 Å². The lowest BCUT2D eigenvalue weighted by molar-refractivity contribution is 0.624. The molecule has 2 rings (SSSR count). The number of para-hydroxylation sites is 2. The molecule has 0 saturated carbocycles. The Bertz CT molecular complexity index is 664. The maximum atomic E-state index is 4.64. The molecule has 0 aliphatic carbocycles.